The summed E-state index contributed by atoms with van der Waals surface area (Å²) in [7, 11) is 1.57. The van der Waals surface area contributed by atoms with Gasteiger partial charge in [-0.3, -0.25) is 4.79 Å². The largest absolute Gasteiger partial charge is 0.492 e. The number of anilines is 1. The lowest BCUT2D eigenvalue weighted by molar-refractivity contribution is 0.102. The van der Waals surface area contributed by atoms with Gasteiger partial charge in [0.05, 0.1) is 18.2 Å². The van der Waals surface area contributed by atoms with E-state index >= 15 is 0 Å². The van der Waals surface area contributed by atoms with E-state index in [1.54, 1.807) is 19.2 Å². The van der Waals surface area contributed by atoms with E-state index < -0.39 is 0 Å². The monoisotopic (exact) mass is 391 g/mol. The van der Waals surface area contributed by atoms with Crippen molar-refractivity contribution in [3.05, 3.63) is 51.5 Å². The molecule has 0 aliphatic rings. The Morgan fingerprint density at radius 3 is 2.62 bits per heavy atom. The molecule has 0 bridgehead atoms. The van der Waals surface area contributed by atoms with Crippen LogP contribution in [0.3, 0.4) is 0 Å². The summed E-state index contributed by atoms with van der Waals surface area (Å²) in [5, 5.41) is 3.02. The Morgan fingerprint density at radius 2 is 2.00 bits per heavy atom. The fraction of sp³-hybridized carbons (Fsp3) is 0.316. The van der Waals surface area contributed by atoms with Gasteiger partial charge in [0.1, 0.15) is 0 Å². The van der Waals surface area contributed by atoms with E-state index in [1.807, 2.05) is 32.0 Å². The number of hydrogen-bond donors (Lipinski definition) is 1. The minimum atomic E-state index is -0.177. The molecule has 4 nitrogen and oxygen atoms in total. The lowest BCUT2D eigenvalue weighted by Crippen LogP contribution is -2.15. The highest BCUT2D eigenvalue weighted by Crippen LogP contribution is 2.37. The number of nitrogens with one attached hydrogen (secondary N) is 1. The van der Waals surface area contributed by atoms with Gasteiger partial charge in [0.2, 0.25) is 0 Å². The molecule has 0 saturated carbocycles. The molecule has 0 unspecified atom stereocenters. The van der Waals surface area contributed by atoms with Gasteiger partial charge in [-0.05, 0) is 59.5 Å². The zero-order chi connectivity index (χ0) is 17.7. The summed E-state index contributed by atoms with van der Waals surface area (Å²) in [5.41, 5.74) is 3.53. The van der Waals surface area contributed by atoms with Crippen molar-refractivity contribution < 1.29 is 14.3 Å². The van der Waals surface area contributed by atoms with Crippen LogP contribution in [0.15, 0.2) is 34.8 Å². The van der Waals surface area contributed by atoms with Gasteiger partial charge in [-0.1, -0.05) is 25.1 Å². The highest BCUT2D eigenvalue weighted by molar-refractivity contribution is 9.10. The van der Waals surface area contributed by atoms with Crippen LogP contribution in [0.5, 0.6) is 11.5 Å². The van der Waals surface area contributed by atoms with Gasteiger partial charge in [0, 0.05) is 11.3 Å². The van der Waals surface area contributed by atoms with Crippen molar-refractivity contribution in [2.24, 2.45) is 0 Å². The topological polar surface area (TPSA) is 47.6 Å². The molecule has 24 heavy (non-hydrogen) atoms. The molecule has 0 fully saturated rings. The van der Waals surface area contributed by atoms with Crippen molar-refractivity contribution in [2.75, 3.05) is 19.0 Å². The number of carbonyl (C=O) groups excluding carboxylic acids is 1. The molecule has 2 aromatic carbocycles. The first-order chi connectivity index (χ1) is 11.5. The van der Waals surface area contributed by atoms with Gasteiger partial charge in [-0.25, -0.2) is 0 Å². The van der Waals surface area contributed by atoms with Gasteiger partial charge in [-0.2, -0.15) is 0 Å². The smallest absolute Gasteiger partial charge is 0.255 e. The van der Waals surface area contributed by atoms with Gasteiger partial charge in [0.15, 0.2) is 11.5 Å². The summed E-state index contributed by atoms with van der Waals surface area (Å²) in [6.45, 7) is 6.44. The van der Waals surface area contributed by atoms with Crippen LogP contribution in [0, 0.1) is 6.92 Å². The van der Waals surface area contributed by atoms with Gasteiger partial charge in [0.25, 0.3) is 5.91 Å². The van der Waals surface area contributed by atoms with E-state index in [2.05, 4.69) is 28.2 Å². The molecule has 2 rings (SSSR count). The molecule has 0 spiro atoms. The standard InChI is InChI=1S/C19H22BrNO3/c1-5-13-9-7-8-12(3)17(13)21-19(22)14-10-15(20)18(23-4)16(11-14)24-6-2/h7-11H,5-6H2,1-4H3,(H,21,22). The van der Waals surface area contributed by atoms with Crippen LogP contribution in [0.4, 0.5) is 5.69 Å². The number of halogens is 1. The maximum atomic E-state index is 12.7. The SMILES string of the molecule is CCOc1cc(C(=O)Nc2c(C)cccc2CC)cc(Br)c1OC. The molecule has 0 atom stereocenters. The van der Waals surface area contributed by atoms with Crippen molar-refractivity contribution in [3.63, 3.8) is 0 Å². The molecule has 5 heteroatoms. The maximum Gasteiger partial charge on any atom is 0.255 e. The summed E-state index contributed by atoms with van der Waals surface area (Å²) < 4.78 is 11.6. The molecule has 2 aromatic rings. The minimum Gasteiger partial charge on any atom is -0.492 e. The number of ether oxygens (including phenoxy) is 2. The Hall–Kier alpha value is -2.01. The van der Waals surface area contributed by atoms with Crippen LogP contribution in [-0.4, -0.2) is 19.6 Å². The van der Waals surface area contributed by atoms with Gasteiger partial charge >= 0.3 is 0 Å². The first kappa shape index (κ1) is 18.3. The summed E-state index contributed by atoms with van der Waals surface area (Å²) >= 11 is 3.44. The fourth-order valence-corrected chi connectivity index (χ4v) is 3.15. The summed E-state index contributed by atoms with van der Waals surface area (Å²) in [4.78, 5) is 12.7. The second-order valence-corrected chi connectivity index (χ2v) is 6.19. The summed E-state index contributed by atoms with van der Waals surface area (Å²) in [6, 6.07) is 9.45. The predicted octanol–water partition coefficient (Wildman–Crippen LogP) is 4.98. The number of benzene rings is 2. The third-order valence-electron chi connectivity index (χ3n) is 3.75. The van der Waals surface area contributed by atoms with Crippen LogP contribution < -0.4 is 14.8 Å². The van der Waals surface area contributed by atoms with Crippen LogP contribution >= 0.6 is 15.9 Å². The molecule has 1 amide bonds. The van der Waals surface area contributed by atoms with E-state index in [0.29, 0.717) is 28.1 Å². The number of rotatable bonds is 6. The predicted molar refractivity (Wildman–Crippen MR) is 100 cm³/mol. The minimum absolute atomic E-state index is 0.177. The highest BCUT2D eigenvalue weighted by Gasteiger charge is 2.17. The molecular weight excluding hydrogens is 370 g/mol. The van der Waals surface area contributed by atoms with Crippen molar-refractivity contribution in [2.45, 2.75) is 27.2 Å². The maximum absolute atomic E-state index is 12.7. The van der Waals surface area contributed by atoms with Crippen LogP contribution in [0.2, 0.25) is 0 Å². The molecule has 0 saturated heterocycles. The Kier molecular flexibility index (Phi) is 6.26. The fourth-order valence-electron chi connectivity index (χ4n) is 2.55. The van der Waals surface area contributed by atoms with Crippen LogP contribution in [0.1, 0.15) is 35.3 Å². The number of amides is 1. The van der Waals surface area contributed by atoms with Gasteiger partial charge in [-0.15, -0.1) is 0 Å². The Bertz CT molecular complexity index is 744. The lowest BCUT2D eigenvalue weighted by atomic mass is 10.1. The summed E-state index contributed by atoms with van der Waals surface area (Å²) in [6.07, 6.45) is 0.855. The zero-order valence-electron chi connectivity index (χ0n) is 14.4. The normalized spacial score (nSPS) is 10.4. The average molecular weight is 392 g/mol. The Morgan fingerprint density at radius 1 is 1.25 bits per heavy atom. The van der Waals surface area contributed by atoms with Crippen molar-refractivity contribution >= 4 is 27.5 Å². The first-order valence-corrected chi connectivity index (χ1v) is 8.71. The van der Waals surface area contributed by atoms with E-state index in [0.717, 1.165) is 23.2 Å². The van der Waals surface area contributed by atoms with Gasteiger partial charge < -0.3 is 14.8 Å². The Labute approximate surface area is 151 Å². The van der Waals surface area contributed by atoms with E-state index in [1.165, 1.54) is 0 Å². The van der Waals surface area contributed by atoms with E-state index in [9.17, 15) is 4.79 Å². The number of hydrogen-bond acceptors (Lipinski definition) is 3. The first-order valence-electron chi connectivity index (χ1n) is 7.91. The molecule has 128 valence electrons. The third-order valence-corrected chi connectivity index (χ3v) is 4.34. The van der Waals surface area contributed by atoms with E-state index in [-0.39, 0.29) is 5.91 Å². The van der Waals surface area contributed by atoms with E-state index in [4.69, 9.17) is 9.47 Å². The second-order valence-electron chi connectivity index (χ2n) is 5.34. The summed E-state index contributed by atoms with van der Waals surface area (Å²) in [5.74, 6) is 0.946. The Balaban J connectivity index is 2.37. The lowest BCUT2D eigenvalue weighted by Gasteiger charge is -2.15. The van der Waals surface area contributed by atoms with Crippen molar-refractivity contribution in [3.8, 4) is 11.5 Å². The number of aryl methyl sites for hydroxylation is 2. The highest BCUT2D eigenvalue weighted by atomic mass is 79.9. The molecule has 0 aliphatic carbocycles. The van der Waals surface area contributed by atoms with Crippen LogP contribution in [0.25, 0.3) is 0 Å². The molecular formula is C19H22BrNO3. The van der Waals surface area contributed by atoms with Crippen molar-refractivity contribution in [1.82, 2.24) is 0 Å². The zero-order valence-corrected chi connectivity index (χ0v) is 16.0. The average Bonchev–Trinajstić information content (AvgIpc) is 2.56. The number of methoxy groups -OCH3 is 1. The quantitative estimate of drug-likeness (QED) is 0.754. The molecule has 0 aliphatic heterocycles. The van der Waals surface area contributed by atoms with Crippen LogP contribution in [-0.2, 0) is 6.42 Å². The second kappa shape index (κ2) is 8.20. The van der Waals surface area contributed by atoms with Crippen molar-refractivity contribution in [1.29, 1.82) is 0 Å². The molecule has 0 aromatic heterocycles. The third kappa shape index (κ3) is 3.90. The molecule has 0 heterocycles. The number of carbonyl (C=O) groups is 1. The number of para-hydroxylation sites is 1. The molecule has 0 radical (unpaired) electrons. The molecule has 1 N–H and O–H groups in total.